The first-order chi connectivity index (χ1) is 10.9. The van der Waals surface area contributed by atoms with Gasteiger partial charge in [0.15, 0.2) is 11.5 Å². The normalized spacial score (nSPS) is 13.2. The van der Waals surface area contributed by atoms with Crippen LogP contribution in [0.1, 0.15) is 11.1 Å². The molecule has 3 rings (SSSR count). The smallest absolute Gasteiger partial charge is 0.231 e. The maximum Gasteiger partial charge on any atom is 0.231 e. The molecule has 0 aromatic heterocycles. The zero-order chi connectivity index (χ0) is 15.2. The van der Waals surface area contributed by atoms with E-state index in [1.807, 2.05) is 48.5 Å². The number of hydrogen-bond acceptors (Lipinski definition) is 5. The number of benzene rings is 2. The Kier molecular flexibility index (Phi) is 4.56. The molecule has 1 heterocycles. The SMILES string of the molecule is COC/C(=N\OCc1ccccc1)c1ccc2c(c1)OCO2. The average molecular weight is 299 g/mol. The van der Waals surface area contributed by atoms with Crippen molar-refractivity contribution < 1.29 is 19.0 Å². The fourth-order valence-corrected chi connectivity index (χ4v) is 2.13. The number of rotatable bonds is 6. The van der Waals surface area contributed by atoms with Gasteiger partial charge in [-0.15, -0.1) is 0 Å². The van der Waals surface area contributed by atoms with Gasteiger partial charge in [0, 0.05) is 12.7 Å². The van der Waals surface area contributed by atoms with Gasteiger partial charge in [0.2, 0.25) is 6.79 Å². The minimum absolute atomic E-state index is 0.250. The fraction of sp³-hybridized carbons (Fsp3) is 0.235. The molecule has 1 aliphatic heterocycles. The molecule has 0 N–H and O–H groups in total. The van der Waals surface area contributed by atoms with Gasteiger partial charge in [-0.2, -0.15) is 0 Å². The van der Waals surface area contributed by atoms with Crippen molar-refractivity contribution in [3.8, 4) is 11.5 Å². The molecule has 0 saturated heterocycles. The lowest BCUT2D eigenvalue weighted by molar-refractivity contribution is 0.127. The van der Waals surface area contributed by atoms with E-state index in [4.69, 9.17) is 19.0 Å². The minimum atomic E-state index is 0.250. The summed E-state index contributed by atoms with van der Waals surface area (Å²) in [4.78, 5) is 5.44. The van der Waals surface area contributed by atoms with E-state index < -0.39 is 0 Å². The molecule has 0 atom stereocenters. The molecule has 0 amide bonds. The van der Waals surface area contributed by atoms with Gasteiger partial charge < -0.3 is 19.0 Å². The highest BCUT2D eigenvalue weighted by molar-refractivity contribution is 6.01. The molecule has 22 heavy (non-hydrogen) atoms. The van der Waals surface area contributed by atoms with E-state index >= 15 is 0 Å². The number of nitrogens with zero attached hydrogens (tertiary/aromatic N) is 1. The number of ether oxygens (including phenoxy) is 3. The van der Waals surface area contributed by atoms with Crippen molar-refractivity contribution in [3.63, 3.8) is 0 Å². The Labute approximate surface area is 129 Å². The summed E-state index contributed by atoms with van der Waals surface area (Å²) in [6, 6.07) is 15.5. The van der Waals surface area contributed by atoms with Crippen LogP contribution in [0.4, 0.5) is 0 Å². The Morgan fingerprint density at radius 1 is 1.09 bits per heavy atom. The summed E-state index contributed by atoms with van der Waals surface area (Å²) < 4.78 is 15.9. The first kappa shape index (κ1) is 14.4. The third kappa shape index (κ3) is 3.38. The second-order valence-electron chi connectivity index (χ2n) is 4.80. The molecule has 0 aliphatic carbocycles. The molecule has 0 bridgehead atoms. The molecular weight excluding hydrogens is 282 g/mol. The van der Waals surface area contributed by atoms with Crippen LogP contribution in [0.2, 0.25) is 0 Å². The molecule has 1 aliphatic rings. The summed E-state index contributed by atoms with van der Waals surface area (Å²) in [5.74, 6) is 1.45. The van der Waals surface area contributed by atoms with Crippen LogP contribution in [-0.2, 0) is 16.2 Å². The van der Waals surface area contributed by atoms with Gasteiger partial charge in [-0.25, -0.2) is 0 Å². The summed E-state index contributed by atoms with van der Waals surface area (Å²) in [5.41, 5.74) is 2.66. The van der Waals surface area contributed by atoms with Crippen molar-refractivity contribution in [2.45, 2.75) is 6.61 Å². The molecule has 5 heteroatoms. The van der Waals surface area contributed by atoms with Crippen LogP contribution >= 0.6 is 0 Å². The lowest BCUT2D eigenvalue weighted by Gasteiger charge is -2.07. The van der Waals surface area contributed by atoms with Crippen molar-refractivity contribution in [1.29, 1.82) is 0 Å². The van der Waals surface area contributed by atoms with Gasteiger partial charge in [-0.05, 0) is 23.8 Å². The Morgan fingerprint density at radius 3 is 2.73 bits per heavy atom. The Bertz CT molecular complexity index is 655. The second-order valence-corrected chi connectivity index (χ2v) is 4.80. The van der Waals surface area contributed by atoms with Gasteiger partial charge in [-0.3, -0.25) is 0 Å². The molecule has 114 valence electrons. The molecule has 0 saturated carbocycles. The molecular formula is C17H17NO4. The average Bonchev–Trinajstić information content (AvgIpc) is 3.02. The monoisotopic (exact) mass is 299 g/mol. The zero-order valence-electron chi connectivity index (χ0n) is 12.3. The Balaban J connectivity index is 1.73. The highest BCUT2D eigenvalue weighted by Gasteiger charge is 2.15. The van der Waals surface area contributed by atoms with Crippen LogP contribution in [-0.4, -0.2) is 26.2 Å². The van der Waals surface area contributed by atoms with Gasteiger partial charge in [0.25, 0.3) is 0 Å². The van der Waals surface area contributed by atoms with Crippen LogP contribution < -0.4 is 9.47 Å². The highest BCUT2D eigenvalue weighted by Crippen LogP contribution is 2.32. The van der Waals surface area contributed by atoms with Crippen LogP contribution in [0.3, 0.4) is 0 Å². The third-order valence-corrected chi connectivity index (χ3v) is 3.24. The largest absolute Gasteiger partial charge is 0.454 e. The van der Waals surface area contributed by atoms with E-state index in [9.17, 15) is 0 Å². The fourth-order valence-electron chi connectivity index (χ4n) is 2.13. The van der Waals surface area contributed by atoms with Crippen molar-refractivity contribution in [1.82, 2.24) is 0 Å². The topological polar surface area (TPSA) is 49.3 Å². The molecule has 2 aromatic rings. The minimum Gasteiger partial charge on any atom is -0.454 e. The van der Waals surface area contributed by atoms with E-state index in [0.29, 0.717) is 24.7 Å². The van der Waals surface area contributed by atoms with E-state index in [-0.39, 0.29) is 6.79 Å². The maximum absolute atomic E-state index is 5.44. The van der Waals surface area contributed by atoms with Crippen molar-refractivity contribution in [2.75, 3.05) is 20.5 Å². The first-order valence-corrected chi connectivity index (χ1v) is 6.98. The molecule has 0 radical (unpaired) electrons. The van der Waals surface area contributed by atoms with Crippen LogP contribution in [0.25, 0.3) is 0 Å². The molecule has 5 nitrogen and oxygen atoms in total. The lowest BCUT2D eigenvalue weighted by Crippen LogP contribution is -2.09. The zero-order valence-corrected chi connectivity index (χ0v) is 12.3. The van der Waals surface area contributed by atoms with Gasteiger partial charge in [-0.1, -0.05) is 35.5 Å². The summed E-state index contributed by atoms with van der Waals surface area (Å²) in [5, 5.41) is 4.20. The van der Waals surface area contributed by atoms with Crippen molar-refractivity contribution in [2.24, 2.45) is 5.16 Å². The summed E-state index contributed by atoms with van der Waals surface area (Å²) >= 11 is 0. The quantitative estimate of drug-likeness (QED) is 0.608. The Morgan fingerprint density at radius 2 is 1.91 bits per heavy atom. The number of hydrogen-bond donors (Lipinski definition) is 0. The predicted octanol–water partition coefficient (Wildman–Crippen LogP) is 2.98. The third-order valence-electron chi connectivity index (χ3n) is 3.24. The standard InChI is InChI=1S/C17H17NO4/c1-19-11-15(18-22-10-13-5-3-2-4-6-13)14-7-8-16-17(9-14)21-12-20-16/h2-9H,10-12H2,1H3/b18-15+. The molecule has 0 spiro atoms. The van der Waals surface area contributed by atoms with Crippen molar-refractivity contribution >= 4 is 5.71 Å². The van der Waals surface area contributed by atoms with Crippen molar-refractivity contribution in [3.05, 3.63) is 59.7 Å². The van der Waals surface area contributed by atoms with E-state index in [1.165, 1.54) is 0 Å². The number of fused-ring (bicyclic) bond motifs is 1. The Hall–Kier alpha value is -2.53. The van der Waals surface area contributed by atoms with Gasteiger partial charge in [0.1, 0.15) is 12.3 Å². The predicted molar refractivity (Wildman–Crippen MR) is 82.2 cm³/mol. The molecule has 0 unspecified atom stereocenters. The number of methoxy groups -OCH3 is 1. The van der Waals surface area contributed by atoms with Gasteiger partial charge in [0.05, 0.1) is 6.61 Å². The van der Waals surface area contributed by atoms with Crippen LogP contribution in [0.5, 0.6) is 11.5 Å². The van der Waals surface area contributed by atoms with E-state index in [1.54, 1.807) is 7.11 Å². The summed E-state index contributed by atoms with van der Waals surface area (Å²) in [6.45, 7) is 1.02. The molecule has 0 fully saturated rings. The van der Waals surface area contributed by atoms with Gasteiger partial charge >= 0.3 is 0 Å². The van der Waals surface area contributed by atoms with Crippen LogP contribution in [0, 0.1) is 0 Å². The van der Waals surface area contributed by atoms with E-state index in [2.05, 4.69) is 5.16 Å². The summed E-state index contributed by atoms with van der Waals surface area (Å²) in [6.07, 6.45) is 0. The highest BCUT2D eigenvalue weighted by atomic mass is 16.7. The number of oxime groups is 1. The first-order valence-electron chi connectivity index (χ1n) is 6.98. The van der Waals surface area contributed by atoms with E-state index in [0.717, 1.165) is 16.9 Å². The maximum atomic E-state index is 5.44. The second kappa shape index (κ2) is 6.95. The lowest BCUT2D eigenvalue weighted by atomic mass is 10.1. The summed E-state index contributed by atoms with van der Waals surface area (Å²) in [7, 11) is 1.62. The van der Waals surface area contributed by atoms with Crippen LogP contribution in [0.15, 0.2) is 53.7 Å². The molecule has 2 aromatic carbocycles.